The van der Waals surface area contributed by atoms with Crippen LogP contribution in [0.3, 0.4) is 0 Å². The first kappa shape index (κ1) is 22.0. The fourth-order valence-corrected chi connectivity index (χ4v) is 3.24. The summed E-state index contributed by atoms with van der Waals surface area (Å²) in [4.78, 5) is 49.2. The Morgan fingerprint density at radius 1 is 1.00 bits per heavy atom. The minimum absolute atomic E-state index is 0.103. The van der Waals surface area contributed by atoms with Gasteiger partial charge in [0, 0.05) is 6.04 Å². The van der Waals surface area contributed by atoms with Crippen molar-refractivity contribution < 1.29 is 14.3 Å². The molecule has 0 radical (unpaired) electrons. The maximum atomic E-state index is 12.5. The molecule has 0 aliphatic heterocycles. The molecule has 8 heteroatoms. The largest absolute Gasteiger partial charge is 0.451 e. The first-order chi connectivity index (χ1) is 14.8. The van der Waals surface area contributed by atoms with Gasteiger partial charge in [-0.05, 0) is 44.4 Å². The number of esters is 1. The van der Waals surface area contributed by atoms with Gasteiger partial charge in [-0.15, -0.1) is 0 Å². The molecule has 2 atom stereocenters. The van der Waals surface area contributed by atoms with Gasteiger partial charge in [-0.1, -0.05) is 42.5 Å². The van der Waals surface area contributed by atoms with Crippen molar-refractivity contribution in [3.63, 3.8) is 0 Å². The van der Waals surface area contributed by atoms with Gasteiger partial charge < -0.3 is 10.1 Å². The van der Waals surface area contributed by atoms with Crippen molar-refractivity contribution in [1.29, 1.82) is 0 Å². The highest BCUT2D eigenvalue weighted by molar-refractivity contribution is 5.84. The van der Waals surface area contributed by atoms with Gasteiger partial charge in [0.2, 0.25) is 0 Å². The Labute approximate surface area is 178 Å². The molecule has 162 valence electrons. The molecule has 0 saturated carbocycles. The lowest BCUT2D eigenvalue weighted by atomic mass is 10.1. The number of aryl methyl sites for hydroxylation is 1. The first-order valence-corrected chi connectivity index (χ1v) is 10.1. The van der Waals surface area contributed by atoms with E-state index in [9.17, 15) is 19.2 Å². The summed E-state index contributed by atoms with van der Waals surface area (Å²) in [6.07, 6.45) is 0.522. The van der Waals surface area contributed by atoms with Crippen LogP contribution in [0.25, 0.3) is 10.8 Å². The first-order valence-electron chi connectivity index (χ1n) is 10.1. The van der Waals surface area contributed by atoms with Crippen LogP contribution < -0.4 is 16.4 Å². The number of carbonyl (C=O) groups excluding carboxylic acids is 2. The molecule has 3 aromatic rings. The Balaban J connectivity index is 1.55. The Kier molecular flexibility index (Phi) is 7.02. The van der Waals surface area contributed by atoms with E-state index in [4.69, 9.17) is 4.74 Å². The number of hydrogen-bond acceptors (Lipinski definition) is 5. The average Bonchev–Trinajstić information content (AvgIpc) is 2.76. The van der Waals surface area contributed by atoms with E-state index >= 15 is 0 Å². The van der Waals surface area contributed by atoms with Crippen LogP contribution in [-0.2, 0) is 27.3 Å². The number of nitrogens with one attached hydrogen (secondary N) is 2. The van der Waals surface area contributed by atoms with E-state index in [1.165, 1.54) is 24.6 Å². The van der Waals surface area contributed by atoms with Crippen molar-refractivity contribution in [2.75, 3.05) is 0 Å². The van der Waals surface area contributed by atoms with Gasteiger partial charge in [0.1, 0.15) is 6.54 Å². The third-order valence-electron chi connectivity index (χ3n) is 4.95. The molecule has 2 aromatic carbocycles. The molecule has 0 bridgehead atoms. The van der Waals surface area contributed by atoms with Gasteiger partial charge in [-0.3, -0.25) is 24.3 Å². The molecule has 1 heterocycles. The molecular weight excluding hydrogens is 398 g/mol. The SMILES string of the molecule is C[C@H](CCc1ccccc1)NC(=O)[C@H](C)OC(=O)Cn1[nH]c(=O)c2ccccc2c1=O. The fourth-order valence-electron chi connectivity index (χ4n) is 3.24. The second-order valence-corrected chi connectivity index (χ2v) is 7.44. The van der Waals surface area contributed by atoms with E-state index in [1.807, 2.05) is 37.3 Å². The summed E-state index contributed by atoms with van der Waals surface area (Å²) in [6.45, 7) is 2.85. The summed E-state index contributed by atoms with van der Waals surface area (Å²) >= 11 is 0. The Morgan fingerprint density at radius 3 is 2.35 bits per heavy atom. The Hall–Kier alpha value is -3.68. The van der Waals surface area contributed by atoms with Crippen molar-refractivity contribution in [3.8, 4) is 0 Å². The van der Waals surface area contributed by atoms with Crippen LogP contribution in [0.2, 0.25) is 0 Å². The second-order valence-electron chi connectivity index (χ2n) is 7.44. The van der Waals surface area contributed by atoms with E-state index in [-0.39, 0.29) is 16.8 Å². The summed E-state index contributed by atoms with van der Waals surface area (Å²) in [7, 11) is 0. The van der Waals surface area contributed by atoms with E-state index in [0.29, 0.717) is 0 Å². The predicted octanol–water partition coefficient (Wildman–Crippen LogP) is 1.76. The number of hydrogen-bond donors (Lipinski definition) is 2. The highest BCUT2D eigenvalue weighted by atomic mass is 16.5. The van der Waals surface area contributed by atoms with Crippen LogP contribution >= 0.6 is 0 Å². The number of benzene rings is 2. The van der Waals surface area contributed by atoms with Crippen molar-refractivity contribution >= 4 is 22.6 Å². The monoisotopic (exact) mass is 423 g/mol. The number of fused-ring (bicyclic) bond motifs is 1. The zero-order valence-electron chi connectivity index (χ0n) is 17.5. The van der Waals surface area contributed by atoms with Crippen molar-refractivity contribution in [2.24, 2.45) is 0 Å². The minimum atomic E-state index is -1.03. The normalized spacial score (nSPS) is 12.8. The van der Waals surface area contributed by atoms with Gasteiger partial charge in [0.15, 0.2) is 6.10 Å². The number of rotatable bonds is 8. The molecule has 0 fully saturated rings. The minimum Gasteiger partial charge on any atom is -0.451 e. The number of H-pyrrole nitrogens is 1. The molecule has 8 nitrogen and oxygen atoms in total. The molecule has 0 unspecified atom stereocenters. The number of ether oxygens (including phenoxy) is 1. The molecular formula is C23H25N3O5. The summed E-state index contributed by atoms with van der Waals surface area (Å²) in [6, 6.07) is 16.2. The summed E-state index contributed by atoms with van der Waals surface area (Å²) in [5.74, 6) is -1.22. The van der Waals surface area contributed by atoms with Gasteiger partial charge in [0.25, 0.3) is 17.0 Å². The zero-order chi connectivity index (χ0) is 22.4. The number of carbonyl (C=O) groups is 2. The fraction of sp³-hybridized carbons (Fsp3) is 0.304. The van der Waals surface area contributed by atoms with Crippen molar-refractivity contribution in [1.82, 2.24) is 15.1 Å². The molecule has 0 aliphatic carbocycles. The molecule has 0 saturated heterocycles. The molecule has 1 amide bonds. The maximum Gasteiger partial charge on any atom is 0.328 e. The molecule has 1 aromatic heterocycles. The number of amides is 1. The van der Waals surface area contributed by atoms with Gasteiger partial charge in [0.05, 0.1) is 10.8 Å². The summed E-state index contributed by atoms with van der Waals surface area (Å²) in [5, 5.41) is 5.64. The van der Waals surface area contributed by atoms with Crippen molar-refractivity contribution in [2.45, 2.75) is 45.4 Å². The van der Waals surface area contributed by atoms with E-state index in [2.05, 4.69) is 10.4 Å². The zero-order valence-corrected chi connectivity index (χ0v) is 17.5. The van der Waals surface area contributed by atoms with Crippen LogP contribution in [0.4, 0.5) is 0 Å². The summed E-state index contributed by atoms with van der Waals surface area (Å²) in [5.41, 5.74) is 0.178. The number of aromatic nitrogens is 2. The van der Waals surface area contributed by atoms with Gasteiger partial charge in [-0.2, -0.15) is 0 Å². The Morgan fingerprint density at radius 2 is 1.65 bits per heavy atom. The maximum absolute atomic E-state index is 12.5. The molecule has 0 aliphatic rings. The van der Waals surface area contributed by atoms with E-state index < -0.39 is 35.6 Å². The highest BCUT2D eigenvalue weighted by Crippen LogP contribution is 2.06. The lowest BCUT2D eigenvalue weighted by Crippen LogP contribution is -2.42. The van der Waals surface area contributed by atoms with Crippen LogP contribution in [-0.4, -0.2) is 33.8 Å². The number of nitrogens with zero attached hydrogens (tertiary/aromatic N) is 1. The number of aromatic amines is 1. The van der Waals surface area contributed by atoms with E-state index in [1.54, 1.807) is 12.1 Å². The average molecular weight is 423 g/mol. The summed E-state index contributed by atoms with van der Waals surface area (Å²) < 4.78 is 6.04. The molecule has 31 heavy (non-hydrogen) atoms. The van der Waals surface area contributed by atoms with Crippen LogP contribution in [0.5, 0.6) is 0 Å². The molecule has 0 spiro atoms. The lowest BCUT2D eigenvalue weighted by molar-refractivity contribution is -0.155. The van der Waals surface area contributed by atoms with Crippen LogP contribution in [0, 0.1) is 0 Å². The van der Waals surface area contributed by atoms with Gasteiger partial charge in [-0.25, -0.2) is 4.68 Å². The lowest BCUT2D eigenvalue weighted by Gasteiger charge is -2.18. The van der Waals surface area contributed by atoms with Crippen LogP contribution in [0.1, 0.15) is 25.8 Å². The topological polar surface area (TPSA) is 110 Å². The standard InChI is InChI=1S/C23H25N3O5/c1-15(12-13-17-8-4-3-5-9-17)24-21(28)16(2)31-20(27)14-26-23(30)19-11-7-6-10-18(19)22(29)25-26/h3-11,15-16H,12-14H2,1-2H3,(H,24,28)(H,25,29)/t15-,16+/m1/s1. The molecule has 3 rings (SSSR count). The molecule has 2 N–H and O–H groups in total. The third-order valence-corrected chi connectivity index (χ3v) is 4.95. The Bertz CT molecular complexity index is 1180. The third kappa shape index (κ3) is 5.69. The highest BCUT2D eigenvalue weighted by Gasteiger charge is 2.20. The van der Waals surface area contributed by atoms with Crippen LogP contribution in [0.15, 0.2) is 64.2 Å². The smallest absolute Gasteiger partial charge is 0.328 e. The second kappa shape index (κ2) is 9.88. The van der Waals surface area contributed by atoms with Gasteiger partial charge >= 0.3 is 5.97 Å². The quantitative estimate of drug-likeness (QED) is 0.537. The predicted molar refractivity (Wildman–Crippen MR) is 117 cm³/mol. The van der Waals surface area contributed by atoms with Crippen molar-refractivity contribution in [3.05, 3.63) is 80.9 Å². The van der Waals surface area contributed by atoms with E-state index in [0.717, 1.165) is 17.5 Å².